The molecule has 1 aromatic carbocycles. The first-order chi connectivity index (χ1) is 8.77. The lowest BCUT2D eigenvalue weighted by Gasteiger charge is -2.20. The lowest BCUT2D eigenvalue weighted by Crippen LogP contribution is -2.30. The standard InChI is InChI=1S/C14H24N2O2S/c1-10(2)16-19(17,18)14-8-6-13(7-9-14)11(3)12(4)15-5/h6-12,15-16H,1-5H3. The summed E-state index contributed by atoms with van der Waals surface area (Å²) in [4.78, 5) is 0.314. The lowest BCUT2D eigenvalue weighted by atomic mass is 9.95. The van der Waals surface area contributed by atoms with Crippen LogP contribution in [0.2, 0.25) is 0 Å². The first-order valence-electron chi connectivity index (χ1n) is 6.57. The van der Waals surface area contributed by atoms with Crippen molar-refractivity contribution < 1.29 is 8.42 Å². The molecule has 2 atom stereocenters. The predicted molar refractivity (Wildman–Crippen MR) is 78.8 cm³/mol. The minimum absolute atomic E-state index is 0.104. The van der Waals surface area contributed by atoms with Gasteiger partial charge in [0.15, 0.2) is 0 Å². The number of rotatable bonds is 6. The molecule has 1 aromatic rings. The number of nitrogens with one attached hydrogen (secondary N) is 2. The summed E-state index contributed by atoms with van der Waals surface area (Å²) in [6, 6.07) is 7.34. The highest BCUT2D eigenvalue weighted by molar-refractivity contribution is 7.89. The van der Waals surface area contributed by atoms with E-state index < -0.39 is 10.0 Å². The summed E-state index contributed by atoms with van der Waals surface area (Å²) in [6.07, 6.45) is 0. The van der Waals surface area contributed by atoms with E-state index in [2.05, 4.69) is 23.9 Å². The highest BCUT2D eigenvalue weighted by Gasteiger charge is 2.17. The molecule has 0 radical (unpaired) electrons. The Morgan fingerprint density at radius 1 is 1.00 bits per heavy atom. The van der Waals surface area contributed by atoms with Crippen molar-refractivity contribution in [3.63, 3.8) is 0 Å². The van der Waals surface area contributed by atoms with Gasteiger partial charge in [-0.25, -0.2) is 13.1 Å². The number of sulfonamides is 1. The van der Waals surface area contributed by atoms with Crippen LogP contribution in [0.15, 0.2) is 29.2 Å². The molecule has 0 bridgehead atoms. The number of hydrogen-bond donors (Lipinski definition) is 2. The van der Waals surface area contributed by atoms with Crippen molar-refractivity contribution in [1.29, 1.82) is 0 Å². The summed E-state index contributed by atoms with van der Waals surface area (Å²) >= 11 is 0. The topological polar surface area (TPSA) is 58.2 Å². The fourth-order valence-electron chi connectivity index (χ4n) is 1.87. The molecule has 2 unspecified atom stereocenters. The van der Waals surface area contributed by atoms with Crippen LogP contribution < -0.4 is 10.0 Å². The van der Waals surface area contributed by atoms with Gasteiger partial charge in [0.2, 0.25) is 10.0 Å². The van der Waals surface area contributed by atoms with Crippen LogP contribution in [-0.4, -0.2) is 27.5 Å². The maximum Gasteiger partial charge on any atom is 0.240 e. The largest absolute Gasteiger partial charge is 0.317 e. The van der Waals surface area contributed by atoms with Gasteiger partial charge in [0.05, 0.1) is 4.90 Å². The Labute approximate surface area is 116 Å². The Kier molecular flexibility index (Phi) is 5.52. The van der Waals surface area contributed by atoms with E-state index in [4.69, 9.17) is 0 Å². The van der Waals surface area contributed by atoms with Crippen LogP contribution >= 0.6 is 0 Å². The van der Waals surface area contributed by atoms with Gasteiger partial charge >= 0.3 is 0 Å². The van der Waals surface area contributed by atoms with E-state index in [9.17, 15) is 8.42 Å². The van der Waals surface area contributed by atoms with Crippen LogP contribution in [0.3, 0.4) is 0 Å². The molecule has 0 amide bonds. The van der Waals surface area contributed by atoms with Crippen molar-refractivity contribution in [3.05, 3.63) is 29.8 Å². The van der Waals surface area contributed by atoms with Crippen LogP contribution in [0.5, 0.6) is 0 Å². The monoisotopic (exact) mass is 284 g/mol. The second-order valence-electron chi connectivity index (χ2n) is 5.21. The Hall–Kier alpha value is -0.910. The zero-order valence-electron chi connectivity index (χ0n) is 12.3. The van der Waals surface area contributed by atoms with Crippen LogP contribution in [0.4, 0.5) is 0 Å². The average molecular weight is 284 g/mol. The van der Waals surface area contributed by atoms with E-state index >= 15 is 0 Å². The third-order valence-electron chi connectivity index (χ3n) is 3.31. The molecule has 19 heavy (non-hydrogen) atoms. The van der Waals surface area contributed by atoms with E-state index in [-0.39, 0.29) is 6.04 Å². The number of hydrogen-bond acceptors (Lipinski definition) is 3. The molecule has 0 aliphatic heterocycles. The first-order valence-corrected chi connectivity index (χ1v) is 8.05. The SMILES string of the molecule is CNC(C)C(C)c1ccc(S(=O)(=O)NC(C)C)cc1. The van der Waals surface area contributed by atoms with Gasteiger partial charge in [-0.3, -0.25) is 0 Å². The Morgan fingerprint density at radius 3 is 1.95 bits per heavy atom. The summed E-state index contributed by atoms with van der Waals surface area (Å²) in [5.74, 6) is 0.333. The molecule has 108 valence electrons. The number of benzene rings is 1. The van der Waals surface area contributed by atoms with Crippen LogP contribution in [0, 0.1) is 0 Å². The second kappa shape index (κ2) is 6.50. The van der Waals surface area contributed by atoms with Crippen molar-refractivity contribution >= 4 is 10.0 Å². The quantitative estimate of drug-likeness (QED) is 0.841. The molecular formula is C14H24N2O2S. The Balaban J connectivity index is 2.94. The van der Waals surface area contributed by atoms with Gasteiger partial charge in [-0.2, -0.15) is 0 Å². The molecule has 2 N–H and O–H groups in total. The van der Waals surface area contributed by atoms with Crippen molar-refractivity contribution in [2.45, 2.75) is 50.6 Å². The molecule has 5 heteroatoms. The predicted octanol–water partition coefficient (Wildman–Crippen LogP) is 2.08. The van der Waals surface area contributed by atoms with E-state index in [0.717, 1.165) is 5.56 Å². The molecule has 0 aromatic heterocycles. The van der Waals surface area contributed by atoms with E-state index in [1.54, 1.807) is 12.1 Å². The van der Waals surface area contributed by atoms with Gasteiger partial charge in [-0.05, 0) is 51.4 Å². The Bertz CT molecular complexity index is 495. The molecule has 4 nitrogen and oxygen atoms in total. The minimum Gasteiger partial charge on any atom is -0.317 e. The fourth-order valence-corrected chi connectivity index (χ4v) is 3.12. The highest BCUT2D eigenvalue weighted by Crippen LogP contribution is 2.21. The minimum atomic E-state index is -3.39. The normalized spacial score (nSPS) is 15.5. The summed E-state index contributed by atoms with van der Waals surface area (Å²) in [7, 11) is -1.47. The summed E-state index contributed by atoms with van der Waals surface area (Å²) in [5.41, 5.74) is 1.13. The highest BCUT2D eigenvalue weighted by atomic mass is 32.2. The maximum absolute atomic E-state index is 12.0. The number of likely N-dealkylation sites (N-methyl/N-ethyl adjacent to an activating group) is 1. The molecule has 0 heterocycles. The lowest BCUT2D eigenvalue weighted by molar-refractivity contribution is 0.523. The van der Waals surface area contributed by atoms with Gasteiger partial charge in [-0.1, -0.05) is 19.1 Å². The smallest absolute Gasteiger partial charge is 0.240 e. The zero-order chi connectivity index (χ0) is 14.6. The van der Waals surface area contributed by atoms with Crippen molar-refractivity contribution in [2.24, 2.45) is 0 Å². The summed E-state index contributed by atoms with van der Waals surface area (Å²) in [6.45, 7) is 7.85. The van der Waals surface area contributed by atoms with Crippen molar-refractivity contribution in [3.8, 4) is 0 Å². The van der Waals surface area contributed by atoms with Gasteiger partial charge < -0.3 is 5.32 Å². The fraction of sp³-hybridized carbons (Fsp3) is 0.571. The summed E-state index contributed by atoms with van der Waals surface area (Å²) in [5, 5.41) is 3.20. The third-order valence-corrected chi connectivity index (χ3v) is 4.99. The maximum atomic E-state index is 12.0. The van der Waals surface area contributed by atoms with Crippen LogP contribution in [-0.2, 0) is 10.0 Å². The molecule has 0 aliphatic rings. The molecule has 0 saturated carbocycles. The Morgan fingerprint density at radius 2 is 1.53 bits per heavy atom. The average Bonchev–Trinajstić information content (AvgIpc) is 2.35. The summed E-state index contributed by atoms with van der Waals surface area (Å²) < 4.78 is 26.6. The van der Waals surface area contributed by atoms with Gasteiger partial charge in [0.25, 0.3) is 0 Å². The molecule has 0 fully saturated rings. The molecule has 1 rings (SSSR count). The van der Waals surface area contributed by atoms with Crippen molar-refractivity contribution in [2.75, 3.05) is 7.05 Å². The molecule has 0 saturated heterocycles. The van der Waals surface area contributed by atoms with Crippen LogP contribution in [0.25, 0.3) is 0 Å². The van der Waals surface area contributed by atoms with Gasteiger partial charge in [-0.15, -0.1) is 0 Å². The molecular weight excluding hydrogens is 260 g/mol. The van der Waals surface area contributed by atoms with Crippen molar-refractivity contribution in [1.82, 2.24) is 10.0 Å². The van der Waals surface area contributed by atoms with Crippen LogP contribution in [0.1, 0.15) is 39.2 Å². The van der Waals surface area contributed by atoms with E-state index in [0.29, 0.717) is 16.9 Å². The first kappa shape index (κ1) is 16.1. The zero-order valence-corrected chi connectivity index (χ0v) is 13.1. The molecule has 0 aliphatic carbocycles. The van der Waals surface area contributed by atoms with E-state index in [1.165, 1.54) is 0 Å². The third kappa shape index (κ3) is 4.30. The van der Waals surface area contributed by atoms with Gasteiger partial charge in [0, 0.05) is 12.1 Å². The van der Waals surface area contributed by atoms with E-state index in [1.807, 2.05) is 33.0 Å². The second-order valence-corrected chi connectivity index (χ2v) is 6.93. The van der Waals surface area contributed by atoms with Gasteiger partial charge in [0.1, 0.15) is 0 Å². The molecule has 0 spiro atoms.